The van der Waals surface area contributed by atoms with E-state index >= 15 is 0 Å². The van der Waals surface area contributed by atoms with Crippen molar-refractivity contribution in [2.24, 2.45) is 5.73 Å². The number of carboxylic acids is 1. The van der Waals surface area contributed by atoms with Crippen molar-refractivity contribution in [1.29, 1.82) is 0 Å². The van der Waals surface area contributed by atoms with Gasteiger partial charge >= 0.3 is 5.97 Å². The van der Waals surface area contributed by atoms with Crippen LogP contribution in [0.4, 0.5) is 0 Å². The van der Waals surface area contributed by atoms with Crippen LogP contribution in [0.2, 0.25) is 0 Å². The quantitative estimate of drug-likeness (QED) is 0.556. The topological polar surface area (TPSA) is 83.5 Å². The van der Waals surface area contributed by atoms with E-state index in [1.807, 2.05) is 6.92 Å². The normalized spacial score (nSPS) is 38.1. The van der Waals surface area contributed by atoms with E-state index in [9.17, 15) is 9.90 Å². The number of carbonyl (C=O) groups is 1. The fourth-order valence-electron chi connectivity index (χ4n) is 1.36. The zero-order chi connectivity index (χ0) is 9.35. The van der Waals surface area contributed by atoms with E-state index in [0.29, 0.717) is 6.42 Å². The van der Waals surface area contributed by atoms with Crippen LogP contribution in [-0.4, -0.2) is 38.8 Å². The molecule has 5 heteroatoms. The summed E-state index contributed by atoms with van der Waals surface area (Å²) in [5.41, 5.74) is 4.85. The molecule has 4 N–H and O–H groups in total. The number of hydrogen-bond donors (Lipinski definition) is 3. The lowest BCUT2D eigenvalue weighted by atomic mass is 9.88. The Labute approximate surface area is 75.1 Å². The Bertz CT molecular complexity index is 199. The molecule has 1 rings (SSSR count). The summed E-state index contributed by atoms with van der Waals surface area (Å²) in [6.07, 6.45) is -0.880. The van der Waals surface area contributed by atoms with Gasteiger partial charge < -0.3 is 15.9 Å². The Balaban J connectivity index is 2.76. The number of carboxylic acid groups (broad SMARTS) is 1. The molecule has 1 saturated heterocycles. The predicted octanol–water partition coefficient (Wildman–Crippen LogP) is -0.345. The Kier molecular flexibility index (Phi) is 2.65. The summed E-state index contributed by atoms with van der Waals surface area (Å²) in [6.45, 7) is 1.85. The van der Waals surface area contributed by atoms with E-state index < -0.39 is 17.6 Å². The number of aliphatic carboxylic acids is 1. The van der Waals surface area contributed by atoms with Crippen molar-refractivity contribution in [3.05, 3.63) is 0 Å². The summed E-state index contributed by atoms with van der Waals surface area (Å²) in [4.78, 5) is 10.5. The highest BCUT2D eigenvalue weighted by atomic mass is 32.2. The fraction of sp³-hybridized carbons (Fsp3) is 0.857. The number of aliphatic hydroxyl groups is 1. The van der Waals surface area contributed by atoms with Crippen LogP contribution in [-0.2, 0) is 4.79 Å². The van der Waals surface area contributed by atoms with E-state index in [0.717, 1.165) is 5.75 Å². The standard InChI is InChI=1S/C7H13NO3S/c1-4-7(8,2-3-12-4)5(9)6(10)11/h4-5,9H,2-3,8H2,1H3,(H,10,11). The molecule has 3 unspecified atom stereocenters. The highest BCUT2D eigenvalue weighted by Gasteiger charge is 2.46. The fourth-order valence-corrected chi connectivity index (χ4v) is 2.74. The second-order valence-electron chi connectivity index (χ2n) is 3.12. The molecule has 1 aliphatic heterocycles. The van der Waals surface area contributed by atoms with Crippen LogP contribution in [0.25, 0.3) is 0 Å². The molecule has 1 fully saturated rings. The van der Waals surface area contributed by atoms with Gasteiger partial charge in [-0.3, -0.25) is 0 Å². The van der Waals surface area contributed by atoms with Crippen molar-refractivity contribution in [3.63, 3.8) is 0 Å². The zero-order valence-electron chi connectivity index (χ0n) is 6.86. The van der Waals surface area contributed by atoms with Crippen LogP contribution in [0.5, 0.6) is 0 Å². The molecule has 3 atom stereocenters. The molecule has 70 valence electrons. The Morgan fingerprint density at radius 3 is 2.75 bits per heavy atom. The highest BCUT2D eigenvalue weighted by molar-refractivity contribution is 8.00. The predicted molar refractivity (Wildman–Crippen MR) is 47.1 cm³/mol. The van der Waals surface area contributed by atoms with Crippen LogP contribution in [0.1, 0.15) is 13.3 Å². The number of hydrogen-bond acceptors (Lipinski definition) is 4. The van der Waals surface area contributed by atoms with Gasteiger partial charge in [0.1, 0.15) is 0 Å². The molecule has 0 aromatic carbocycles. The maximum atomic E-state index is 10.5. The van der Waals surface area contributed by atoms with E-state index in [2.05, 4.69) is 0 Å². The molecule has 0 radical (unpaired) electrons. The van der Waals surface area contributed by atoms with Gasteiger partial charge in [0.05, 0.1) is 5.54 Å². The van der Waals surface area contributed by atoms with Crippen LogP contribution < -0.4 is 5.73 Å². The third kappa shape index (κ3) is 1.44. The third-order valence-electron chi connectivity index (χ3n) is 2.40. The maximum Gasteiger partial charge on any atom is 0.334 e. The Hall–Kier alpha value is -0.260. The maximum absolute atomic E-state index is 10.5. The Morgan fingerprint density at radius 2 is 2.42 bits per heavy atom. The lowest BCUT2D eigenvalue weighted by molar-refractivity contribution is -0.150. The van der Waals surface area contributed by atoms with Gasteiger partial charge in [0, 0.05) is 5.25 Å². The summed E-state index contributed by atoms with van der Waals surface area (Å²) in [7, 11) is 0. The molecule has 0 bridgehead atoms. The molecule has 0 aliphatic carbocycles. The van der Waals surface area contributed by atoms with Crippen LogP contribution >= 0.6 is 11.8 Å². The molecule has 4 nitrogen and oxygen atoms in total. The van der Waals surface area contributed by atoms with Gasteiger partial charge in [-0.2, -0.15) is 11.8 Å². The minimum Gasteiger partial charge on any atom is -0.479 e. The first-order valence-corrected chi connectivity index (χ1v) is 4.84. The van der Waals surface area contributed by atoms with E-state index in [-0.39, 0.29) is 5.25 Å². The number of nitrogens with two attached hydrogens (primary N) is 1. The average Bonchev–Trinajstić information content (AvgIpc) is 2.32. The molecule has 1 aliphatic rings. The zero-order valence-corrected chi connectivity index (χ0v) is 7.67. The number of thioether (sulfide) groups is 1. The first kappa shape index (κ1) is 9.83. The van der Waals surface area contributed by atoms with Crippen molar-refractivity contribution in [2.45, 2.75) is 30.2 Å². The van der Waals surface area contributed by atoms with Crippen LogP contribution in [0.15, 0.2) is 0 Å². The summed E-state index contributed by atoms with van der Waals surface area (Å²) >= 11 is 1.60. The minimum atomic E-state index is -1.44. The summed E-state index contributed by atoms with van der Waals surface area (Å²) in [6, 6.07) is 0. The molecule has 12 heavy (non-hydrogen) atoms. The van der Waals surface area contributed by atoms with E-state index in [1.54, 1.807) is 11.8 Å². The van der Waals surface area contributed by atoms with Crippen LogP contribution in [0.3, 0.4) is 0 Å². The molecule has 0 aromatic rings. The average molecular weight is 191 g/mol. The lowest BCUT2D eigenvalue weighted by Gasteiger charge is -2.30. The summed E-state index contributed by atoms with van der Waals surface area (Å²) < 4.78 is 0. The van der Waals surface area contributed by atoms with Crippen molar-refractivity contribution in [3.8, 4) is 0 Å². The molecule has 0 amide bonds. The minimum absolute atomic E-state index is 0.00333. The van der Waals surface area contributed by atoms with Crippen LogP contribution in [0, 0.1) is 0 Å². The molecule has 0 aromatic heterocycles. The molecular weight excluding hydrogens is 178 g/mol. The van der Waals surface area contributed by atoms with Crippen molar-refractivity contribution in [2.75, 3.05) is 5.75 Å². The van der Waals surface area contributed by atoms with Gasteiger partial charge in [-0.15, -0.1) is 0 Å². The van der Waals surface area contributed by atoms with Gasteiger partial charge in [-0.05, 0) is 12.2 Å². The van der Waals surface area contributed by atoms with Crippen molar-refractivity contribution in [1.82, 2.24) is 0 Å². The van der Waals surface area contributed by atoms with Gasteiger partial charge in [-0.25, -0.2) is 4.79 Å². The summed E-state index contributed by atoms with van der Waals surface area (Å²) in [5, 5.41) is 17.9. The SMILES string of the molecule is CC1SCCC1(N)C(O)C(=O)O. The summed E-state index contributed by atoms with van der Waals surface area (Å²) in [5.74, 6) is -0.408. The molecule has 1 heterocycles. The number of rotatable bonds is 2. The second kappa shape index (κ2) is 3.24. The highest BCUT2D eigenvalue weighted by Crippen LogP contribution is 2.36. The van der Waals surface area contributed by atoms with Gasteiger partial charge in [0.15, 0.2) is 6.10 Å². The van der Waals surface area contributed by atoms with Gasteiger partial charge in [-0.1, -0.05) is 6.92 Å². The van der Waals surface area contributed by atoms with Gasteiger partial charge in [0.25, 0.3) is 0 Å². The second-order valence-corrected chi connectivity index (χ2v) is 4.56. The largest absolute Gasteiger partial charge is 0.479 e. The van der Waals surface area contributed by atoms with E-state index in [1.165, 1.54) is 0 Å². The number of aliphatic hydroxyl groups excluding tert-OH is 1. The molecule has 0 spiro atoms. The first-order valence-electron chi connectivity index (χ1n) is 3.80. The first-order chi connectivity index (χ1) is 5.48. The Morgan fingerprint density at radius 1 is 1.83 bits per heavy atom. The monoisotopic (exact) mass is 191 g/mol. The molecular formula is C7H13NO3S. The molecule has 0 saturated carbocycles. The van der Waals surface area contributed by atoms with Gasteiger partial charge in [0.2, 0.25) is 0 Å². The lowest BCUT2D eigenvalue weighted by Crippen LogP contribution is -2.58. The smallest absolute Gasteiger partial charge is 0.334 e. The third-order valence-corrected chi connectivity index (χ3v) is 3.78. The van der Waals surface area contributed by atoms with E-state index in [4.69, 9.17) is 10.8 Å². The van der Waals surface area contributed by atoms with Crippen molar-refractivity contribution < 1.29 is 15.0 Å². The van der Waals surface area contributed by atoms with Crippen molar-refractivity contribution >= 4 is 17.7 Å².